The molecule has 8 rings (SSSR count). The predicted molar refractivity (Wildman–Crippen MR) is 194 cm³/mol. The van der Waals surface area contributed by atoms with Gasteiger partial charge in [0.1, 0.15) is 42.7 Å². The van der Waals surface area contributed by atoms with Gasteiger partial charge < -0.3 is 69.6 Å². The van der Waals surface area contributed by atoms with E-state index in [-0.39, 0.29) is 52.1 Å². The normalized spacial score (nSPS) is 58.7. The van der Waals surface area contributed by atoms with Crippen LogP contribution >= 0.6 is 0 Å². The standard InChI is InChI=1S/C41H68O14/c1-35(2)24(54-33-29(48)26(45)20(44)17-51-33)9-11-41-18-40(41)13-12-37(5)31(39(7)10-8-25(55-39)36(3,4)50)19(43)15-38(37,6)23(40)14-21(32(35)41)52-34-30(49)28(47)27(46)22(16-42)53-34/h19-34,42-50H,8-18H2,1-7H3/t19-,20-,21-,22-,23+,24+,25-,26+,27-,28-,29-,30-,31-,32+,33-,34-,37+,38-,39-,40-,41+/m0/s1. The van der Waals surface area contributed by atoms with Gasteiger partial charge in [0.05, 0.1) is 48.8 Å². The summed E-state index contributed by atoms with van der Waals surface area (Å²) in [7, 11) is 0. The minimum atomic E-state index is -1.60. The van der Waals surface area contributed by atoms with Crippen LogP contribution in [0.4, 0.5) is 0 Å². The molecule has 3 aliphatic heterocycles. The fourth-order valence-electron chi connectivity index (χ4n) is 14.9. The number of fused-ring (bicyclic) bond motifs is 2. The van der Waals surface area contributed by atoms with E-state index in [4.69, 9.17) is 23.7 Å². The molecule has 0 unspecified atom stereocenters. The van der Waals surface area contributed by atoms with E-state index in [0.717, 1.165) is 32.1 Å². The van der Waals surface area contributed by atoms with Gasteiger partial charge in [-0.2, -0.15) is 0 Å². The Morgan fingerprint density at radius 2 is 1.40 bits per heavy atom. The Hall–Kier alpha value is -0.560. The SMILES string of the molecule is CC(C)(O)[C@@H]1CC[C@@](C)([C@H]2[C@@H](O)C[C@@]3(C)[C@H]4C[C@H](O[C@H]5O[C@@H](CO)[C@H](O)[C@H](O)[C@@H]5O)[C@@H]5C(C)(C)[C@H](O[C@@H]6OC[C@H](O)[C@@H](O)[C@@H]6O)CC[C@@]56C[C@@]46CC[C@]23C)O1. The Balaban J connectivity index is 1.15. The van der Waals surface area contributed by atoms with E-state index in [1.165, 1.54) is 0 Å². The molecule has 8 aliphatic rings. The monoisotopic (exact) mass is 784 g/mol. The lowest BCUT2D eigenvalue weighted by molar-refractivity contribution is -0.339. The van der Waals surface area contributed by atoms with Gasteiger partial charge in [-0.05, 0) is 117 Å². The van der Waals surface area contributed by atoms with E-state index in [1.807, 2.05) is 0 Å². The first-order chi connectivity index (χ1) is 25.5. The molecular formula is C41H68O14. The smallest absolute Gasteiger partial charge is 0.186 e. The third-order valence-corrected chi connectivity index (χ3v) is 17.6. The van der Waals surface area contributed by atoms with E-state index in [1.54, 1.807) is 13.8 Å². The fraction of sp³-hybridized carbons (Fsp3) is 1.00. The molecule has 0 amide bonds. The summed E-state index contributed by atoms with van der Waals surface area (Å²) in [6, 6.07) is 0. The van der Waals surface area contributed by atoms with Crippen LogP contribution in [0.3, 0.4) is 0 Å². The number of aliphatic hydroxyl groups excluding tert-OH is 8. The highest BCUT2D eigenvalue weighted by atomic mass is 16.7. The van der Waals surface area contributed by atoms with Gasteiger partial charge in [-0.25, -0.2) is 0 Å². The minimum absolute atomic E-state index is 0.0633. The number of ether oxygens (including phenoxy) is 5. The number of rotatable bonds is 7. The largest absolute Gasteiger partial charge is 0.394 e. The van der Waals surface area contributed by atoms with Crippen molar-refractivity contribution in [1.29, 1.82) is 0 Å². The first-order valence-corrected chi connectivity index (χ1v) is 20.9. The van der Waals surface area contributed by atoms with Crippen molar-refractivity contribution in [2.75, 3.05) is 13.2 Å². The molecule has 316 valence electrons. The fourth-order valence-corrected chi connectivity index (χ4v) is 14.9. The summed E-state index contributed by atoms with van der Waals surface area (Å²) < 4.78 is 31.9. The van der Waals surface area contributed by atoms with Crippen molar-refractivity contribution in [2.24, 2.45) is 44.8 Å². The topological polar surface area (TPSA) is 228 Å². The first-order valence-electron chi connectivity index (χ1n) is 20.9. The third-order valence-electron chi connectivity index (χ3n) is 17.6. The van der Waals surface area contributed by atoms with Crippen molar-refractivity contribution >= 4 is 0 Å². The zero-order chi connectivity index (χ0) is 40.1. The van der Waals surface area contributed by atoms with Crippen molar-refractivity contribution < 1.29 is 69.6 Å². The summed E-state index contributed by atoms with van der Waals surface area (Å²) in [4.78, 5) is 0. The van der Waals surface area contributed by atoms with E-state index in [9.17, 15) is 46.0 Å². The molecule has 5 saturated carbocycles. The molecular weight excluding hydrogens is 716 g/mol. The lowest BCUT2D eigenvalue weighted by Crippen LogP contribution is -2.65. The molecule has 3 heterocycles. The van der Waals surface area contributed by atoms with Gasteiger partial charge in [-0.1, -0.05) is 27.7 Å². The molecule has 14 heteroatoms. The van der Waals surface area contributed by atoms with Gasteiger partial charge in [0.2, 0.25) is 0 Å². The van der Waals surface area contributed by atoms with Gasteiger partial charge in [0, 0.05) is 5.92 Å². The van der Waals surface area contributed by atoms with Gasteiger partial charge >= 0.3 is 0 Å². The number of aliphatic hydroxyl groups is 9. The average molecular weight is 785 g/mol. The quantitative estimate of drug-likeness (QED) is 0.162. The van der Waals surface area contributed by atoms with Crippen LogP contribution in [0.2, 0.25) is 0 Å². The highest BCUT2D eigenvalue weighted by molar-refractivity contribution is 5.33. The zero-order valence-electron chi connectivity index (χ0n) is 33.6. The van der Waals surface area contributed by atoms with Crippen molar-refractivity contribution in [1.82, 2.24) is 0 Å². The number of hydrogen-bond acceptors (Lipinski definition) is 14. The molecule has 21 atom stereocenters. The summed E-state index contributed by atoms with van der Waals surface area (Å²) in [5.74, 6) is -0.215. The Bertz CT molecular complexity index is 1460. The lowest BCUT2D eigenvalue weighted by Gasteiger charge is -2.65. The highest BCUT2D eigenvalue weighted by Gasteiger charge is 2.85. The average Bonchev–Trinajstić information content (AvgIpc) is 3.47. The Labute approximate surface area is 324 Å². The van der Waals surface area contributed by atoms with Crippen LogP contribution in [-0.4, -0.2) is 150 Å². The maximum atomic E-state index is 12.2. The maximum Gasteiger partial charge on any atom is 0.186 e. The molecule has 0 bridgehead atoms. The van der Waals surface area contributed by atoms with Crippen LogP contribution in [0.15, 0.2) is 0 Å². The van der Waals surface area contributed by atoms with Crippen LogP contribution in [0.5, 0.6) is 0 Å². The second kappa shape index (κ2) is 13.2. The first kappa shape index (κ1) is 41.2. The zero-order valence-corrected chi connectivity index (χ0v) is 33.6. The molecule has 0 aromatic heterocycles. The predicted octanol–water partition coefficient (Wildman–Crippen LogP) is 0.724. The van der Waals surface area contributed by atoms with Gasteiger partial charge in [0.15, 0.2) is 12.6 Å². The maximum absolute atomic E-state index is 12.2. The molecule has 0 radical (unpaired) electrons. The van der Waals surface area contributed by atoms with Gasteiger partial charge in [-0.15, -0.1) is 0 Å². The van der Waals surface area contributed by atoms with Crippen LogP contribution < -0.4 is 0 Å². The Morgan fingerprint density at radius 1 is 0.709 bits per heavy atom. The van der Waals surface area contributed by atoms with Crippen LogP contribution in [0, 0.1) is 44.8 Å². The molecule has 8 fully saturated rings. The third kappa shape index (κ3) is 5.70. The van der Waals surface area contributed by atoms with Crippen molar-refractivity contribution in [2.45, 2.75) is 197 Å². The molecule has 0 aromatic rings. The molecule has 9 N–H and O–H groups in total. The van der Waals surface area contributed by atoms with E-state index in [0.29, 0.717) is 25.7 Å². The van der Waals surface area contributed by atoms with E-state index >= 15 is 0 Å². The van der Waals surface area contributed by atoms with Crippen molar-refractivity contribution in [3.05, 3.63) is 0 Å². The molecule has 0 aromatic carbocycles. The molecule has 14 nitrogen and oxygen atoms in total. The summed E-state index contributed by atoms with van der Waals surface area (Å²) in [6.45, 7) is 13.8. The molecule has 3 saturated heterocycles. The Kier molecular flexibility index (Phi) is 9.90. The summed E-state index contributed by atoms with van der Waals surface area (Å²) in [6.07, 6.45) is -7.48. The van der Waals surface area contributed by atoms with Gasteiger partial charge in [0.25, 0.3) is 0 Å². The summed E-state index contributed by atoms with van der Waals surface area (Å²) in [5.41, 5.74) is -3.16. The molecule has 55 heavy (non-hydrogen) atoms. The summed E-state index contributed by atoms with van der Waals surface area (Å²) in [5, 5.41) is 97.2. The summed E-state index contributed by atoms with van der Waals surface area (Å²) >= 11 is 0. The minimum Gasteiger partial charge on any atom is -0.394 e. The van der Waals surface area contributed by atoms with Crippen LogP contribution in [0.1, 0.15) is 106 Å². The lowest BCUT2D eigenvalue weighted by atomic mass is 9.41. The second-order valence-corrected chi connectivity index (χ2v) is 21.1. The van der Waals surface area contributed by atoms with E-state index < -0.39 is 96.8 Å². The highest BCUT2D eigenvalue weighted by Crippen LogP contribution is 2.89. The number of hydrogen-bond donors (Lipinski definition) is 9. The van der Waals surface area contributed by atoms with Crippen molar-refractivity contribution in [3.8, 4) is 0 Å². The van der Waals surface area contributed by atoms with E-state index in [2.05, 4.69) is 34.6 Å². The van der Waals surface area contributed by atoms with Crippen LogP contribution in [0.25, 0.3) is 0 Å². The molecule has 2 spiro atoms. The van der Waals surface area contributed by atoms with Gasteiger partial charge in [-0.3, -0.25) is 0 Å². The Morgan fingerprint density at radius 3 is 2.05 bits per heavy atom. The molecule has 5 aliphatic carbocycles. The second-order valence-electron chi connectivity index (χ2n) is 21.1. The van der Waals surface area contributed by atoms with Crippen LogP contribution in [-0.2, 0) is 23.7 Å². The van der Waals surface area contributed by atoms with Crippen molar-refractivity contribution in [3.63, 3.8) is 0 Å².